The largest absolute Gasteiger partial charge is 0.496 e. The van der Waals surface area contributed by atoms with Gasteiger partial charge in [0.1, 0.15) is 11.5 Å². The summed E-state index contributed by atoms with van der Waals surface area (Å²) in [5.41, 5.74) is 6.78. The van der Waals surface area contributed by atoms with Crippen LogP contribution in [-0.4, -0.2) is 14.2 Å². The van der Waals surface area contributed by atoms with Crippen molar-refractivity contribution in [2.75, 3.05) is 14.2 Å². The number of aryl methyl sites for hydroxylation is 1. The standard InChI is InChI=1S/C28H24NO2/c1-19-11-7-8-14-21(19)26-27-22(15-9-17-24(27)30-2)29(20-12-5-4-6-13-20)23-16-10-18-25(31-3)28(23)26/h4-18H,1-3H3/q+1. The molecule has 0 unspecified atom stereocenters. The fraction of sp³-hybridized carbons (Fsp3) is 0.107. The smallest absolute Gasteiger partial charge is 0.223 e. The Kier molecular flexibility index (Phi) is 4.79. The molecule has 4 aromatic carbocycles. The molecule has 0 aliphatic heterocycles. The highest BCUT2D eigenvalue weighted by molar-refractivity contribution is 6.12. The van der Waals surface area contributed by atoms with E-state index in [0.717, 1.165) is 44.6 Å². The normalized spacial score (nSPS) is 11.1. The fourth-order valence-electron chi connectivity index (χ4n) is 4.49. The van der Waals surface area contributed by atoms with Gasteiger partial charge in [0.2, 0.25) is 16.7 Å². The Hall–Kier alpha value is -3.85. The van der Waals surface area contributed by atoms with Crippen LogP contribution in [0.2, 0.25) is 0 Å². The highest BCUT2D eigenvalue weighted by Gasteiger charge is 2.28. The maximum atomic E-state index is 5.89. The third-order valence-electron chi connectivity index (χ3n) is 5.86. The molecule has 0 aliphatic carbocycles. The summed E-state index contributed by atoms with van der Waals surface area (Å²) >= 11 is 0. The zero-order valence-electron chi connectivity index (χ0n) is 17.9. The summed E-state index contributed by atoms with van der Waals surface area (Å²) in [4.78, 5) is 0. The lowest BCUT2D eigenvalue weighted by atomic mass is 9.91. The van der Waals surface area contributed by atoms with Crippen molar-refractivity contribution in [2.45, 2.75) is 6.92 Å². The van der Waals surface area contributed by atoms with Gasteiger partial charge in [0.05, 0.1) is 25.0 Å². The minimum absolute atomic E-state index is 0.841. The van der Waals surface area contributed by atoms with Crippen molar-refractivity contribution in [1.82, 2.24) is 0 Å². The lowest BCUT2D eigenvalue weighted by molar-refractivity contribution is -0.537. The second-order valence-electron chi connectivity index (χ2n) is 7.57. The summed E-state index contributed by atoms with van der Waals surface area (Å²) in [5, 5.41) is 2.14. The minimum atomic E-state index is 0.841. The van der Waals surface area contributed by atoms with Crippen molar-refractivity contribution in [3.05, 3.63) is 96.6 Å². The molecule has 1 aromatic heterocycles. The second-order valence-corrected chi connectivity index (χ2v) is 7.57. The highest BCUT2D eigenvalue weighted by atomic mass is 16.5. The van der Waals surface area contributed by atoms with E-state index in [1.54, 1.807) is 14.2 Å². The Morgan fingerprint density at radius 2 is 1.13 bits per heavy atom. The number of methoxy groups -OCH3 is 2. The van der Waals surface area contributed by atoms with Crippen LogP contribution in [0.15, 0.2) is 91.0 Å². The van der Waals surface area contributed by atoms with Crippen LogP contribution in [0.1, 0.15) is 5.56 Å². The van der Waals surface area contributed by atoms with Crippen LogP contribution in [0, 0.1) is 6.92 Å². The zero-order chi connectivity index (χ0) is 21.4. The van der Waals surface area contributed by atoms with Crippen molar-refractivity contribution >= 4 is 21.8 Å². The van der Waals surface area contributed by atoms with Crippen molar-refractivity contribution in [3.8, 4) is 28.3 Å². The molecule has 1 heterocycles. The lowest BCUT2D eigenvalue weighted by Crippen LogP contribution is -2.33. The summed E-state index contributed by atoms with van der Waals surface area (Å²) in [5.74, 6) is 1.68. The number of fused-ring (bicyclic) bond motifs is 2. The molecule has 152 valence electrons. The first-order valence-corrected chi connectivity index (χ1v) is 10.4. The number of benzene rings is 4. The van der Waals surface area contributed by atoms with E-state index in [9.17, 15) is 0 Å². The van der Waals surface area contributed by atoms with Gasteiger partial charge >= 0.3 is 0 Å². The number of para-hydroxylation sites is 1. The molecule has 0 bridgehead atoms. The summed E-state index contributed by atoms with van der Waals surface area (Å²) < 4.78 is 14.1. The van der Waals surface area contributed by atoms with Crippen LogP contribution >= 0.6 is 0 Å². The number of ether oxygens (including phenoxy) is 2. The molecule has 0 saturated heterocycles. The molecule has 0 fully saturated rings. The Balaban J connectivity index is 2.12. The van der Waals surface area contributed by atoms with Crippen LogP contribution in [-0.2, 0) is 0 Å². The van der Waals surface area contributed by atoms with Crippen molar-refractivity contribution in [1.29, 1.82) is 0 Å². The third-order valence-corrected chi connectivity index (χ3v) is 5.86. The van der Waals surface area contributed by atoms with E-state index < -0.39 is 0 Å². The van der Waals surface area contributed by atoms with Crippen LogP contribution < -0.4 is 14.0 Å². The molecule has 0 spiro atoms. The summed E-state index contributed by atoms with van der Waals surface area (Å²) in [6.45, 7) is 2.15. The van der Waals surface area contributed by atoms with Gasteiger partial charge in [0.25, 0.3) is 0 Å². The quantitative estimate of drug-likeness (QED) is 0.259. The zero-order valence-corrected chi connectivity index (χ0v) is 17.9. The average molecular weight is 407 g/mol. The van der Waals surface area contributed by atoms with Gasteiger partial charge < -0.3 is 9.47 Å². The van der Waals surface area contributed by atoms with E-state index >= 15 is 0 Å². The van der Waals surface area contributed by atoms with Gasteiger partial charge in [-0.2, -0.15) is 4.57 Å². The first kappa shape index (κ1) is 19.1. The number of rotatable bonds is 4. The lowest BCUT2D eigenvalue weighted by Gasteiger charge is -2.17. The van der Waals surface area contributed by atoms with Crippen molar-refractivity contribution < 1.29 is 14.0 Å². The molecule has 0 atom stereocenters. The van der Waals surface area contributed by atoms with Gasteiger partial charge in [0.15, 0.2) is 0 Å². The predicted molar refractivity (Wildman–Crippen MR) is 126 cm³/mol. The molecule has 0 saturated carbocycles. The molecule has 3 heteroatoms. The molecule has 5 aromatic rings. The monoisotopic (exact) mass is 406 g/mol. The number of hydrogen-bond donors (Lipinski definition) is 0. The van der Waals surface area contributed by atoms with Gasteiger partial charge in [-0.3, -0.25) is 0 Å². The molecule has 3 nitrogen and oxygen atoms in total. The van der Waals surface area contributed by atoms with Gasteiger partial charge in [-0.05, 0) is 30.2 Å². The molecule has 0 aliphatic rings. The average Bonchev–Trinajstić information content (AvgIpc) is 2.82. The summed E-state index contributed by atoms with van der Waals surface area (Å²) in [6, 6.07) is 31.4. The Morgan fingerprint density at radius 3 is 1.68 bits per heavy atom. The van der Waals surface area contributed by atoms with Crippen LogP contribution in [0.5, 0.6) is 11.5 Å². The fourth-order valence-corrected chi connectivity index (χ4v) is 4.49. The van der Waals surface area contributed by atoms with Gasteiger partial charge in [-0.1, -0.05) is 54.6 Å². The predicted octanol–water partition coefficient (Wildman–Crippen LogP) is 6.26. The molecule has 0 amide bonds. The van der Waals surface area contributed by atoms with Crippen molar-refractivity contribution in [2.24, 2.45) is 0 Å². The van der Waals surface area contributed by atoms with E-state index in [4.69, 9.17) is 9.47 Å². The second kappa shape index (κ2) is 7.77. The molecule has 31 heavy (non-hydrogen) atoms. The molecular formula is C28H24NO2+. The Bertz CT molecular complexity index is 1340. The number of hydrogen-bond acceptors (Lipinski definition) is 2. The van der Waals surface area contributed by atoms with Crippen LogP contribution in [0.3, 0.4) is 0 Å². The van der Waals surface area contributed by atoms with E-state index in [0.29, 0.717) is 0 Å². The highest BCUT2D eigenvalue weighted by Crippen LogP contribution is 2.43. The minimum Gasteiger partial charge on any atom is -0.496 e. The van der Waals surface area contributed by atoms with Crippen LogP contribution in [0.25, 0.3) is 38.6 Å². The number of pyridine rings is 1. The number of aromatic nitrogens is 1. The summed E-state index contributed by atoms with van der Waals surface area (Å²) in [6.07, 6.45) is 0. The number of nitrogens with zero attached hydrogens (tertiary/aromatic N) is 1. The Morgan fingerprint density at radius 1 is 0.581 bits per heavy atom. The molecule has 0 N–H and O–H groups in total. The van der Waals surface area contributed by atoms with Crippen LogP contribution in [0.4, 0.5) is 0 Å². The molecule has 5 rings (SSSR count). The maximum absolute atomic E-state index is 5.89. The summed E-state index contributed by atoms with van der Waals surface area (Å²) in [7, 11) is 3.46. The van der Waals surface area contributed by atoms with Crippen molar-refractivity contribution in [3.63, 3.8) is 0 Å². The van der Waals surface area contributed by atoms with E-state index in [2.05, 4.69) is 72.2 Å². The van der Waals surface area contributed by atoms with E-state index in [1.165, 1.54) is 11.1 Å². The molecule has 0 radical (unpaired) electrons. The van der Waals surface area contributed by atoms with Gasteiger partial charge in [0, 0.05) is 29.8 Å². The van der Waals surface area contributed by atoms with Gasteiger partial charge in [-0.15, -0.1) is 0 Å². The van der Waals surface area contributed by atoms with E-state index in [-0.39, 0.29) is 0 Å². The van der Waals surface area contributed by atoms with E-state index in [1.807, 2.05) is 30.3 Å². The topological polar surface area (TPSA) is 22.3 Å². The first-order chi connectivity index (χ1) is 15.2. The Labute approximate surface area is 182 Å². The molecular weight excluding hydrogens is 382 g/mol. The third kappa shape index (κ3) is 3.01. The SMILES string of the molecule is COc1cccc2c1c(-c1ccccc1C)c1c(OC)cccc1[n+]2-c1ccccc1. The van der Waals surface area contributed by atoms with Gasteiger partial charge in [-0.25, -0.2) is 0 Å². The first-order valence-electron chi connectivity index (χ1n) is 10.4. The maximum Gasteiger partial charge on any atom is 0.223 e.